The number of H-pyrrole nitrogens is 1. The van der Waals surface area contributed by atoms with Crippen LogP contribution in [0.4, 0.5) is 11.4 Å². The van der Waals surface area contributed by atoms with Crippen molar-refractivity contribution in [2.45, 2.75) is 36.5 Å². The first-order valence-electron chi connectivity index (χ1n) is 16.9. The van der Waals surface area contributed by atoms with Gasteiger partial charge in [0.2, 0.25) is 11.8 Å². The summed E-state index contributed by atoms with van der Waals surface area (Å²) in [7, 11) is 1.53. The van der Waals surface area contributed by atoms with Crippen LogP contribution in [-0.2, 0) is 19.1 Å². The molecule has 4 aromatic rings. The van der Waals surface area contributed by atoms with Gasteiger partial charge in [-0.25, -0.2) is 4.79 Å². The van der Waals surface area contributed by atoms with E-state index in [0.29, 0.717) is 28.4 Å². The predicted octanol–water partition coefficient (Wildman–Crippen LogP) is 5.63. The number of fused-ring (bicyclic) bond motifs is 9. The van der Waals surface area contributed by atoms with E-state index in [1.807, 2.05) is 43.3 Å². The number of nitrogens with one attached hydrogen (secondary N) is 2. The summed E-state index contributed by atoms with van der Waals surface area (Å²) in [4.78, 5) is 70.6. The van der Waals surface area contributed by atoms with Crippen LogP contribution in [0, 0.1) is 36.5 Å². The van der Waals surface area contributed by atoms with Crippen molar-refractivity contribution in [2.24, 2.45) is 29.6 Å². The SMILES string of the molecule is CCOC(=O)c1ccc(NC(=O)COc2ccc([C@H]3c4sc(=O)[nH]c4SC4C3[C@H]3C[C@@H]4C4C(=O)N(c5ccc(C)cc5)C(=O)C43)cc2OC)cc1. The Hall–Kier alpha value is -4.88. The third-order valence-electron chi connectivity index (χ3n) is 10.6. The van der Waals surface area contributed by atoms with Crippen molar-refractivity contribution >= 4 is 58.2 Å². The molecule has 2 saturated carbocycles. The van der Waals surface area contributed by atoms with Crippen LogP contribution in [0.25, 0.3) is 0 Å². The summed E-state index contributed by atoms with van der Waals surface area (Å²) in [6.07, 6.45) is 0.783. The molecule has 2 N–H and O–H groups in total. The number of hydrogen-bond acceptors (Lipinski definition) is 10. The van der Waals surface area contributed by atoms with Crippen LogP contribution in [0.1, 0.15) is 45.6 Å². The number of thioether (sulfide) groups is 1. The van der Waals surface area contributed by atoms with E-state index in [2.05, 4.69) is 10.3 Å². The summed E-state index contributed by atoms with van der Waals surface area (Å²) in [5, 5.41) is 3.63. The molecular formula is C38H35N3O8S2. The summed E-state index contributed by atoms with van der Waals surface area (Å²) in [6.45, 7) is 3.69. The number of rotatable bonds is 9. The Morgan fingerprint density at radius 3 is 2.37 bits per heavy atom. The second-order valence-electron chi connectivity index (χ2n) is 13.4. The van der Waals surface area contributed by atoms with Gasteiger partial charge in [0, 0.05) is 21.7 Å². The molecule has 0 spiro atoms. The van der Waals surface area contributed by atoms with Crippen molar-refractivity contribution in [3.8, 4) is 11.5 Å². The molecule has 51 heavy (non-hydrogen) atoms. The normalized spacial score (nSPS) is 25.6. The predicted molar refractivity (Wildman–Crippen MR) is 192 cm³/mol. The van der Waals surface area contributed by atoms with Crippen molar-refractivity contribution in [3.05, 3.63) is 98.0 Å². The standard InChI is InChI=1S/C38H35N3O8S2/c1-4-48-37(45)19-7-10-21(11-8-19)39-27(42)17-49-25-14-9-20(15-26(25)47-3)28-29-23-16-24(32(29)50-34-33(28)51-38(46)40-34)31-30(23)35(43)41(36(31)44)22-12-5-18(2)6-13-22/h5-15,23-24,28-32H,4,16-17H2,1-3H3,(H,39,42)(H,40,46)/t23-,24-,28-,29?,30?,31?,32?/m1/s1. The fraction of sp³-hybridized carbons (Fsp3) is 0.342. The summed E-state index contributed by atoms with van der Waals surface area (Å²) in [6, 6.07) is 19.5. The van der Waals surface area contributed by atoms with E-state index < -0.39 is 17.8 Å². The van der Waals surface area contributed by atoms with E-state index in [1.54, 1.807) is 49.0 Å². The van der Waals surface area contributed by atoms with Crippen LogP contribution in [-0.4, -0.2) is 54.2 Å². The first kappa shape index (κ1) is 33.3. The summed E-state index contributed by atoms with van der Waals surface area (Å²) in [5.74, 6) is -1.28. The largest absolute Gasteiger partial charge is 0.493 e. The molecule has 2 aliphatic carbocycles. The molecule has 11 nitrogen and oxygen atoms in total. The smallest absolute Gasteiger partial charge is 0.338 e. The minimum absolute atomic E-state index is 0.00494. The number of thiazole rings is 1. The third-order valence-corrected chi connectivity index (χ3v) is 13.2. The number of aryl methyl sites for hydroxylation is 1. The van der Waals surface area contributed by atoms with Crippen LogP contribution in [0.3, 0.4) is 0 Å². The van der Waals surface area contributed by atoms with Crippen LogP contribution in [0.5, 0.6) is 11.5 Å². The van der Waals surface area contributed by atoms with Crippen LogP contribution in [0.15, 0.2) is 76.6 Å². The summed E-state index contributed by atoms with van der Waals surface area (Å²) < 4.78 is 16.6. The zero-order valence-electron chi connectivity index (χ0n) is 28.0. The van der Waals surface area contributed by atoms with E-state index >= 15 is 0 Å². The van der Waals surface area contributed by atoms with Gasteiger partial charge in [-0.05, 0) is 92.1 Å². The van der Waals surface area contributed by atoms with Crippen molar-refractivity contribution in [3.63, 3.8) is 0 Å². The van der Waals surface area contributed by atoms with Gasteiger partial charge >= 0.3 is 10.8 Å². The van der Waals surface area contributed by atoms with Gasteiger partial charge in [-0.15, -0.1) is 11.8 Å². The van der Waals surface area contributed by atoms with Crippen molar-refractivity contribution in [1.29, 1.82) is 0 Å². The van der Waals surface area contributed by atoms with Gasteiger partial charge in [0.25, 0.3) is 5.91 Å². The first-order chi connectivity index (χ1) is 24.7. The minimum Gasteiger partial charge on any atom is -0.493 e. The number of benzene rings is 3. The van der Waals surface area contributed by atoms with Gasteiger partial charge < -0.3 is 24.5 Å². The Labute approximate surface area is 301 Å². The summed E-state index contributed by atoms with van der Waals surface area (Å²) >= 11 is 2.83. The number of nitrogens with zero attached hydrogens (tertiary/aromatic N) is 1. The molecule has 4 aliphatic rings. The number of carbonyl (C=O) groups is 4. The number of hydrogen-bond donors (Lipinski definition) is 2. The van der Waals surface area contributed by atoms with Gasteiger partial charge in [-0.1, -0.05) is 35.1 Å². The lowest BCUT2D eigenvalue weighted by Crippen LogP contribution is -2.42. The van der Waals surface area contributed by atoms with E-state index in [-0.39, 0.29) is 64.7 Å². The molecule has 3 amide bonds. The molecule has 13 heteroatoms. The van der Waals surface area contributed by atoms with Crippen LogP contribution >= 0.6 is 23.1 Å². The number of methoxy groups -OCH3 is 1. The molecule has 0 radical (unpaired) electrons. The number of anilines is 2. The second-order valence-corrected chi connectivity index (χ2v) is 15.6. The molecule has 4 unspecified atom stereocenters. The van der Waals surface area contributed by atoms with Crippen molar-refractivity contribution in [2.75, 3.05) is 30.5 Å². The molecule has 262 valence electrons. The average molecular weight is 726 g/mol. The number of aromatic amines is 1. The molecular weight excluding hydrogens is 691 g/mol. The third kappa shape index (κ3) is 5.63. The topological polar surface area (TPSA) is 144 Å². The number of imide groups is 1. The lowest BCUT2D eigenvalue weighted by atomic mass is 9.68. The molecule has 3 aromatic carbocycles. The number of carbonyl (C=O) groups excluding carboxylic acids is 4. The zero-order valence-corrected chi connectivity index (χ0v) is 29.7. The van der Waals surface area contributed by atoms with Crippen LogP contribution < -0.4 is 24.6 Å². The average Bonchev–Trinajstić information content (AvgIpc) is 3.87. The number of aromatic nitrogens is 1. The van der Waals surface area contributed by atoms with E-state index in [0.717, 1.165) is 27.5 Å². The fourth-order valence-electron chi connectivity index (χ4n) is 8.58. The minimum atomic E-state index is -0.435. The fourth-order valence-corrected chi connectivity index (χ4v) is 11.5. The lowest BCUT2D eigenvalue weighted by Gasteiger charge is -2.43. The van der Waals surface area contributed by atoms with Crippen molar-refractivity contribution in [1.82, 2.24) is 4.98 Å². The lowest BCUT2D eigenvalue weighted by molar-refractivity contribution is -0.123. The molecule has 1 saturated heterocycles. The molecule has 3 heterocycles. The highest BCUT2D eigenvalue weighted by Crippen LogP contribution is 2.68. The second kappa shape index (κ2) is 13.0. The monoisotopic (exact) mass is 725 g/mol. The molecule has 2 bridgehead atoms. The molecule has 1 aromatic heterocycles. The van der Waals surface area contributed by atoms with Gasteiger partial charge in [-0.2, -0.15) is 0 Å². The maximum Gasteiger partial charge on any atom is 0.338 e. The Morgan fingerprint density at radius 2 is 1.67 bits per heavy atom. The van der Waals surface area contributed by atoms with E-state index in [1.165, 1.54) is 23.3 Å². The highest BCUT2D eigenvalue weighted by molar-refractivity contribution is 8.00. The van der Waals surface area contributed by atoms with Gasteiger partial charge in [0.05, 0.1) is 41.8 Å². The highest BCUT2D eigenvalue weighted by Gasteiger charge is 2.69. The Morgan fingerprint density at radius 1 is 0.941 bits per heavy atom. The number of amides is 3. The molecule has 8 rings (SSSR count). The number of ether oxygens (including phenoxy) is 3. The molecule has 2 aliphatic heterocycles. The molecule has 3 fully saturated rings. The Bertz CT molecular complexity index is 2110. The Balaban J connectivity index is 1.03. The highest BCUT2D eigenvalue weighted by atomic mass is 32.2. The van der Waals surface area contributed by atoms with E-state index in [4.69, 9.17) is 14.2 Å². The zero-order chi connectivity index (χ0) is 35.6. The first-order valence-corrected chi connectivity index (χ1v) is 18.6. The van der Waals surface area contributed by atoms with Crippen molar-refractivity contribution < 1.29 is 33.4 Å². The Kier molecular flexibility index (Phi) is 8.50. The number of esters is 1. The maximum absolute atomic E-state index is 14.1. The quantitative estimate of drug-likeness (QED) is 0.166. The van der Waals surface area contributed by atoms with Gasteiger partial charge in [0.15, 0.2) is 18.1 Å². The van der Waals surface area contributed by atoms with Gasteiger partial charge in [-0.3, -0.25) is 24.1 Å². The summed E-state index contributed by atoms with van der Waals surface area (Å²) in [5.41, 5.74) is 3.46. The van der Waals surface area contributed by atoms with Gasteiger partial charge in [0.1, 0.15) is 0 Å². The van der Waals surface area contributed by atoms with E-state index in [9.17, 15) is 24.0 Å². The van der Waals surface area contributed by atoms with Crippen LogP contribution in [0.2, 0.25) is 0 Å². The maximum atomic E-state index is 14.1. The molecule has 7 atom stereocenters.